The van der Waals surface area contributed by atoms with E-state index in [2.05, 4.69) is 37.2 Å². The molecule has 0 aromatic heterocycles. The molecular weight excluding hydrogens is 488 g/mol. The second kappa shape index (κ2) is 11.0. The van der Waals surface area contributed by atoms with Crippen LogP contribution in [0.1, 0.15) is 30.6 Å². The van der Waals surface area contributed by atoms with Crippen LogP contribution in [0.4, 0.5) is 0 Å². The zero-order valence-electron chi connectivity index (χ0n) is 14.8. The van der Waals surface area contributed by atoms with Gasteiger partial charge in [0.25, 0.3) is 5.91 Å². The number of hydrogen-bond acceptors (Lipinski definition) is 6. The van der Waals surface area contributed by atoms with Crippen molar-refractivity contribution in [3.63, 3.8) is 0 Å². The van der Waals surface area contributed by atoms with E-state index in [0.29, 0.717) is 8.95 Å². The third-order valence-corrected chi connectivity index (χ3v) is 4.32. The number of nitrogens with one attached hydrogen (secondary N) is 1. The molecule has 27 heavy (non-hydrogen) atoms. The first-order chi connectivity index (χ1) is 12.7. The largest absolute Gasteiger partial charge is 0.466 e. The number of nitrogens with two attached hydrogens (primary N) is 1. The average Bonchev–Trinajstić information content (AvgIpc) is 2.57. The maximum atomic E-state index is 12.5. The van der Waals surface area contributed by atoms with Crippen LogP contribution in [0.3, 0.4) is 0 Å². The van der Waals surface area contributed by atoms with Crippen molar-refractivity contribution < 1.29 is 28.7 Å². The van der Waals surface area contributed by atoms with Crippen LogP contribution in [-0.2, 0) is 23.9 Å². The molecule has 0 saturated heterocycles. The minimum atomic E-state index is -1.45. The predicted octanol–water partition coefficient (Wildman–Crippen LogP) is 1.93. The molecule has 0 spiro atoms. The van der Waals surface area contributed by atoms with Gasteiger partial charge in [-0.05, 0) is 32.0 Å². The highest BCUT2D eigenvalue weighted by molar-refractivity contribution is 9.11. The Balaban J connectivity index is 3.11. The van der Waals surface area contributed by atoms with Crippen molar-refractivity contribution in [3.8, 4) is 0 Å². The zero-order chi connectivity index (χ0) is 20.6. The summed E-state index contributed by atoms with van der Waals surface area (Å²) in [7, 11) is 0. The Morgan fingerprint density at radius 1 is 1.04 bits per heavy atom. The number of amides is 2. The van der Waals surface area contributed by atoms with Gasteiger partial charge in [0.15, 0.2) is 0 Å². The van der Waals surface area contributed by atoms with Gasteiger partial charge in [-0.15, -0.1) is 0 Å². The van der Waals surface area contributed by atoms with Crippen molar-refractivity contribution >= 4 is 55.6 Å². The van der Waals surface area contributed by atoms with E-state index < -0.39 is 42.1 Å². The Hall–Kier alpha value is -1.94. The predicted molar refractivity (Wildman–Crippen MR) is 104 cm³/mol. The van der Waals surface area contributed by atoms with Crippen molar-refractivity contribution in [2.24, 2.45) is 11.7 Å². The minimum absolute atomic E-state index is 0.0379. The molecule has 2 atom stereocenters. The first kappa shape index (κ1) is 23.1. The molecule has 0 heterocycles. The summed E-state index contributed by atoms with van der Waals surface area (Å²) in [4.78, 5) is 48.5. The van der Waals surface area contributed by atoms with Gasteiger partial charge in [0.2, 0.25) is 5.91 Å². The van der Waals surface area contributed by atoms with Crippen LogP contribution in [0.15, 0.2) is 27.1 Å². The van der Waals surface area contributed by atoms with Crippen LogP contribution < -0.4 is 11.1 Å². The van der Waals surface area contributed by atoms with Gasteiger partial charge in [-0.2, -0.15) is 0 Å². The van der Waals surface area contributed by atoms with Crippen LogP contribution in [0.2, 0.25) is 0 Å². The van der Waals surface area contributed by atoms with E-state index in [-0.39, 0.29) is 18.8 Å². The second-order valence-corrected chi connectivity index (χ2v) is 7.21. The number of rotatable bonds is 9. The second-order valence-electron chi connectivity index (χ2n) is 5.38. The normalized spacial score (nSPS) is 12.6. The molecule has 0 saturated carbocycles. The van der Waals surface area contributed by atoms with Crippen LogP contribution in [0.5, 0.6) is 0 Å². The molecule has 10 heteroatoms. The van der Waals surface area contributed by atoms with E-state index in [9.17, 15) is 19.2 Å². The first-order valence-electron chi connectivity index (χ1n) is 8.08. The molecule has 0 aliphatic heterocycles. The minimum Gasteiger partial charge on any atom is -0.466 e. The van der Waals surface area contributed by atoms with E-state index in [4.69, 9.17) is 15.2 Å². The molecule has 148 valence electrons. The van der Waals surface area contributed by atoms with E-state index in [1.54, 1.807) is 19.9 Å². The molecule has 1 aromatic carbocycles. The van der Waals surface area contributed by atoms with Gasteiger partial charge in [0, 0.05) is 14.5 Å². The zero-order valence-corrected chi connectivity index (χ0v) is 18.0. The van der Waals surface area contributed by atoms with E-state index in [0.717, 1.165) is 0 Å². The Labute approximate surface area is 173 Å². The molecule has 0 aliphatic carbocycles. The monoisotopic (exact) mass is 506 g/mol. The highest BCUT2D eigenvalue weighted by atomic mass is 79.9. The smallest absolute Gasteiger partial charge is 0.312 e. The molecular formula is C17H20Br2N2O6. The molecule has 1 rings (SSSR count). The number of carbonyl (C=O) groups is 4. The molecule has 0 fully saturated rings. The van der Waals surface area contributed by atoms with Crippen molar-refractivity contribution in [1.82, 2.24) is 5.32 Å². The lowest BCUT2D eigenvalue weighted by Gasteiger charge is -2.23. The highest BCUT2D eigenvalue weighted by Gasteiger charge is 2.37. The standard InChI is InChI=1S/C17H20Br2N2O6/c1-3-26-13(22)8-12(17(25)27-4-2)14(15(20)23)21-16(24)9-5-10(18)7-11(19)6-9/h5-7,12,14H,3-4,8H2,1-2H3,(H2,20,23)(H,21,24)/t12-,14-/m1/s1. The molecule has 0 bridgehead atoms. The molecule has 0 unspecified atom stereocenters. The highest BCUT2D eigenvalue weighted by Crippen LogP contribution is 2.21. The lowest BCUT2D eigenvalue weighted by atomic mass is 9.95. The fraction of sp³-hybridized carbons (Fsp3) is 0.412. The van der Waals surface area contributed by atoms with E-state index in [1.807, 2.05) is 0 Å². The summed E-state index contributed by atoms with van der Waals surface area (Å²) in [6.45, 7) is 3.33. The summed E-state index contributed by atoms with van der Waals surface area (Å²) in [5.41, 5.74) is 5.60. The number of carbonyl (C=O) groups excluding carboxylic acids is 4. The van der Waals surface area contributed by atoms with Gasteiger partial charge in [-0.1, -0.05) is 31.9 Å². The van der Waals surface area contributed by atoms with Gasteiger partial charge in [0.05, 0.1) is 25.6 Å². The third-order valence-electron chi connectivity index (χ3n) is 3.40. The lowest BCUT2D eigenvalue weighted by molar-refractivity contribution is -0.156. The topological polar surface area (TPSA) is 125 Å². The number of hydrogen-bond donors (Lipinski definition) is 2. The summed E-state index contributed by atoms with van der Waals surface area (Å²) in [5, 5.41) is 2.41. The molecule has 0 radical (unpaired) electrons. The van der Waals surface area contributed by atoms with Crippen LogP contribution in [0, 0.1) is 5.92 Å². The SMILES string of the molecule is CCOC(=O)C[C@@H](C(=O)OCC)[C@@H](NC(=O)c1cc(Br)cc(Br)c1)C(N)=O. The van der Waals surface area contributed by atoms with Crippen molar-refractivity contribution in [2.75, 3.05) is 13.2 Å². The quantitative estimate of drug-likeness (QED) is 0.492. The van der Waals surface area contributed by atoms with Crippen molar-refractivity contribution in [1.29, 1.82) is 0 Å². The molecule has 0 aliphatic rings. The van der Waals surface area contributed by atoms with Gasteiger partial charge in [0.1, 0.15) is 6.04 Å². The molecule has 2 amide bonds. The Morgan fingerprint density at radius 2 is 1.59 bits per heavy atom. The van der Waals surface area contributed by atoms with Crippen LogP contribution in [0.25, 0.3) is 0 Å². The van der Waals surface area contributed by atoms with E-state index in [1.165, 1.54) is 12.1 Å². The number of esters is 2. The molecule has 1 aromatic rings. The number of benzene rings is 1. The summed E-state index contributed by atoms with van der Waals surface area (Å²) < 4.78 is 11.0. The van der Waals surface area contributed by atoms with Gasteiger partial charge in [-0.25, -0.2) is 0 Å². The van der Waals surface area contributed by atoms with E-state index >= 15 is 0 Å². The summed E-state index contributed by atoms with van der Waals surface area (Å²) >= 11 is 6.52. The van der Waals surface area contributed by atoms with Crippen LogP contribution >= 0.6 is 31.9 Å². The van der Waals surface area contributed by atoms with Crippen LogP contribution in [-0.4, -0.2) is 43.0 Å². The number of halogens is 2. The fourth-order valence-electron chi connectivity index (χ4n) is 2.27. The lowest BCUT2D eigenvalue weighted by Crippen LogP contribution is -2.52. The van der Waals surface area contributed by atoms with Crippen molar-refractivity contribution in [2.45, 2.75) is 26.3 Å². The molecule has 3 N–H and O–H groups in total. The molecule has 8 nitrogen and oxygen atoms in total. The average molecular weight is 508 g/mol. The maximum Gasteiger partial charge on any atom is 0.312 e. The maximum absolute atomic E-state index is 12.5. The fourth-order valence-corrected chi connectivity index (χ4v) is 3.56. The third kappa shape index (κ3) is 7.30. The first-order valence-corrected chi connectivity index (χ1v) is 9.66. The Morgan fingerprint density at radius 3 is 2.07 bits per heavy atom. The number of primary amides is 1. The van der Waals surface area contributed by atoms with Gasteiger partial charge < -0.3 is 20.5 Å². The Kier molecular flexibility index (Phi) is 9.44. The Bertz CT molecular complexity index is 705. The van der Waals surface area contributed by atoms with Gasteiger partial charge >= 0.3 is 11.9 Å². The van der Waals surface area contributed by atoms with Gasteiger partial charge in [-0.3, -0.25) is 19.2 Å². The summed E-state index contributed by atoms with van der Waals surface area (Å²) in [6, 6.07) is 3.34. The summed E-state index contributed by atoms with van der Waals surface area (Å²) in [5.74, 6) is -4.45. The number of ether oxygens (including phenoxy) is 2. The summed E-state index contributed by atoms with van der Waals surface area (Å²) in [6.07, 6.45) is -0.456. The van der Waals surface area contributed by atoms with Crippen molar-refractivity contribution in [3.05, 3.63) is 32.7 Å².